The fourth-order valence-electron chi connectivity index (χ4n) is 3.48. The van der Waals surface area contributed by atoms with E-state index < -0.39 is 0 Å². The van der Waals surface area contributed by atoms with Crippen LogP contribution in [0.2, 0.25) is 0 Å². The summed E-state index contributed by atoms with van der Waals surface area (Å²) in [6, 6.07) is 0. The van der Waals surface area contributed by atoms with Crippen molar-refractivity contribution in [1.82, 2.24) is 24.6 Å². The van der Waals surface area contributed by atoms with Crippen molar-refractivity contribution in [3.8, 4) is 11.3 Å². The Morgan fingerprint density at radius 1 is 1.32 bits per heavy atom. The van der Waals surface area contributed by atoms with Crippen LogP contribution in [-0.4, -0.2) is 57.4 Å². The molecule has 134 valence electrons. The molecule has 7 nitrogen and oxygen atoms in total. The number of hydrogen-bond donors (Lipinski definition) is 0. The Hall–Kier alpha value is -2.28. The van der Waals surface area contributed by atoms with E-state index in [1.807, 2.05) is 42.9 Å². The van der Waals surface area contributed by atoms with Crippen LogP contribution in [0, 0.1) is 13.8 Å². The number of aromatic nitrogens is 4. The van der Waals surface area contributed by atoms with Crippen LogP contribution in [0.4, 0.5) is 0 Å². The maximum atomic E-state index is 12.0. The minimum atomic E-state index is 0.0402. The lowest BCUT2D eigenvalue weighted by molar-refractivity contribution is -0.136. The molecule has 2 aromatic heterocycles. The predicted octanol–water partition coefficient (Wildman–Crippen LogP) is 1.85. The quantitative estimate of drug-likeness (QED) is 0.847. The van der Waals surface area contributed by atoms with Crippen LogP contribution in [0.5, 0.6) is 0 Å². The number of ether oxygens (including phenoxy) is 1. The van der Waals surface area contributed by atoms with Crippen molar-refractivity contribution >= 4 is 5.91 Å². The number of methoxy groups -OCH3 is 1. The summed E-state index contributed by atoms with van der Waals surface area (Å²) in [6.45, 7) is 5.63. The number of likely N-dealkylation sites (tertiary alicyclic amines) is 1. The minimum absolute atomic E-state index is 0.0402. The van der Waals surface area contributed by atoms with Crippen molar-refractivity contribution in [3.63, 3.8) is 0 Å². The van der Waals surface area contributed by atoms with Gasteiger partial charge in [-0.1, -0.05) is 0 Å². The molecule has 0 spiro atoms. The van der Waals surface area contributed by atoms with Gasteiger partial charge in [0.1, 0.15) is 6.61 Å². The first-order valence-corrected chi connectivity index (χ1v) is 8.60. The minimum Gasteiger partial charge on any atom is -0.375 e. The van der Waals surface area contributed by atoms with Gasteiger partial charge in [0.25, 0.3) is 0 Å². The summed E-state index contributed by atoms with van der Waals surface area (Å²) < 4.78 is 6.82. The predicted molar refractivity (Wildman–Crippen MR) is 94.1 cm³/mol. The van der Waals surface area contributed by atoms with Crippen LogP contribution in [0.1, 0.15) is 35.8 Å². The second-order valence-corrected chi connectivity index (χ2v) is 6.61. The van der Waals surface area contributed by atoms with Crippen molar-refractivity contribution in [3.05, 3.63) is 29.5 Å². The fourth-order valence-corrected chi connectivity index (χ4v) is 3.48. The highest BCUT2D eigenvalue weighted by atomic mass is 16.5. The molecule has 0 aliphatic carbocycles. The van der Waals surface area contributed by atoms with E-state index in [1.54, 1.807) is 7.11 Å². The molecule has 3 heterocycles. The zero-order valence-corrected chi connectivity index (χ0v) is 15.3. The zero-order chi connectivity index (χ0) is 18.0. The number of piperidine rings is 1. The van der Waals surface area contributed by atoms with Gasteiger partial charge in [-0.05, 0) is 26.7 Å². The van der Waals surface area contributed by atoms with E-state index in [-0.39, 0.29) is 18.4 Å². The van der Waals surface area contributed by atoms with Gasteiger partial charge >= 0.3 is 0 Å². The number of carbonyl (C=O) groups is 1. The van der Waals surface area contributed by atoms with Crippen LogP contribution in [0.3, 0.4) is 0 Å². The first-order valence-electron chi connectivity index (χ1n) is 8.60. The molecule has 0 aromatic carbocycles. The lowest BCUT2D eigenvalue weighted by atomic mass is 9.95. The summed E-state index contributed by atoms with van der Waals surface area (Å²) in [5, 5.41) is 4.44. The Labute approximate surface area is 148 Å². The van der Waals surface area contributed by atoms with E-state index in [0.717, 1.165) is 47.7 Å². The van der Waals surface area contributed by atoms with Crippen molar-refractivity contribution in [1.29, 1.82) is 0 Å². The summed E-state index contributed by atoms with van der Waals surface area (Å²) in [4.78, 5) is 23.2. The Bertz CT molecular complexity index is 754. The van der Waals surface area contributed by atoms with Gasteiger partial charge in [-0.25, -0.2) is 0 Å². The third kappa shape index (κ3) is 3.56. The van der Waals surface area contributed by atoms with Gasteiger partial charge < -0.3 is 9.64 Å². The average molecular weight is 343 g/mol. The Kier molecular flexibility index (Phi) is 5.13. The molecule has 0 bridgehead atoms. The molecule has 1 amide bonds. The molecular formula is C18H25N5O2. The molecule has 1 atom stereocenters. The third-order valence-electron chi connectivity index (χ3n) is 4.90. The van der Waals surface area contributed by atoms with E-state index in [4.69, 9.17) is 4.74 Å². The summed E-state index contributed by atoms with van der Waals surface area (Å²) >= 11 is 0. The highest BCUT2D eigenvalue weighted by molar-refractivity contribution is 5.77. The second kappa shape index (κ2) is 7.31. The Morgan fingerprint density at radius 2 is 2.12 bits per heavy atom. The van der Waals surface area contributed by atoms with E-state index >= 15 is 0 Å². The summed E-state index contributed by atoms with van der Waals surface area (Å²) in [6.07, 6.45) is 5.67. The maximum Gasteiger partial charge on any atom is 0.248 e. The van der Waals surface area contributed by atoms with Crippen molar-refractivity contribution in [2.75, 3.05) is 26.8 Å². The van der Waals surface area contributed by atoms with E-state index in [9.17, 15) is 4.79 Å². The van der Waals surface area contributed by atoms with Crippen LogP contribution in [0.25, 0.3) is 11.3 Å². The Balaban J connectivity index is 1.77. The molecular weight excluding hydrogens is 318 g/mol. The molecule has 7 heteroatoms. The van der Waals surface area contributed by atoms with E-state index in [1.165, 1.54) is 0 Å². The number of rotatable bonds is 4. The van der Waals surface area contributed by atoms with E-state index in [0.29, 0.717) is 6.54 Å². The third-order valence-corrected chi connectivity index (χ3v) is 4.90. The molecule has 25 heavy (non-hydrogen) atoms. The summed E-state index contributed by atoms with van der Waals surface area (Å²) in [5.74, 6) is 0.269. The molecule has 0 saturated carbocycles. The normalized spacial score (nSPS) is 17.8. The molecule has 1 fully saturated rings. The first-order chi connectivity index (χ1) is 12.0. The topological polar surface area (TPSA) is 73.1 Å². The largest absolute Gasteiger partial charge is 0.375 e. The number of aryl methyl sites for hydroxylation is 2. The monoisotopic (exact) mass is 343 g/mol. The average Bonchev–Trinajstić information content (AvgIpc) is 2.87. The zero-order valence-electron chi connectivity index (χ0n) is 15.3. The number of hydrogen-bond acceptors (Lipinski definition) is 5. The molecule has 0 radical (unpaired) electrons. The van der Waals surface area contributed by atoms with Gasteiger partial charge in [-0.3, -0.25) is 19.4 Å². The van der Waals surface area contributed by atoms with Gasteiger partial charge in [0, 0.05) is 50.6 Å². The van der Waals surface area contributed by atoms with Crippen molar-refractivity contribution in [2.45, 2.75) is 32.6 Å². The van der Waals surface area contributed by atoms with Crippen LogP contribution < -0.4 is 0 Å². The van der Waals surface area contributed by atoms with Gasteiger partial charge in [-0.2, -0.15) is 5.10 Å². The van der Waals surface area contributed by atoms with Gasteiger partial charge in [0.15, 0.2) is 0 Å². The highest BCUT2D eigenvalue weighted by Crippen LogP contribution is 2.28. The molecule has 1 aliphatic heterocycles. The molecule has 3 rings (SSSR count). The standard InChI is InChI=1S/C18H25N5O2/c1-12-18(13(2)22(3)21-12)16-9-19-15(8-20-16)14-6-5-7-23(10-14)17(24)11-25-4/h8-9,14H,5-7,10-11H2,1-4H3. The number of nitrogens with zero attached hydrogens (tertiary/aromatic N) is 5. The van der Waals surface area contributed by atoms with Gasteiger partial charge in [0.05, 0.1) is 23.3 Å². The van der Waals surface area contributed by atoms with E-state index in [2.05, 4.69) is 15.1 Å². The number of carbonyl (C=O) groups excluding carboxylic acids is 1. The first kappa shape index (κ1) is 17.5. The Morgan fingerprint density at radius 3 is 2.72 bits per heavy atom. The molecule has 1 saturated heterocycles. The van der Waals surface area contributed by atoms with Crippen LogP contribution in [0.15, 0.2) is 12.4 Å². The fraction of sp³-hybridized carbons (Fsp3) is 0.556. The van der Waals surface area contributed by atoms with Crippen LogP contribution >= 0.6 is 0 Å². The van der Waals surface area contributed by atoms with Crippen LogP contribution in [-0.2, 0) is 16.6 Å². The highest BCUT2D eigenvalue weighted by Gasteiger charge is 2.26. The second-order valence-electron chi connectivity index (χ2n) is 6.61. The molecule has 1 unspecified atom stereocenters. The SMILES string of the molecule is COCC(=O)N1CCCC(c2cnc(-c3c(C)nn(C)c3C)cn2)C1. The molecule has 2 aromatic rings. The van der Waals surface area contributed by atoms with Gasteiger partial charge in [-0.15, -0.1) is 0 Å². The lowest BCUT2D eigenvalue weighted by Crippen LogP contribution is -2.41. The molecule has 1 aliphatic rings. The number of amides is 1. The van der Waals surface area contributed by atoms with Gasteiger partial charge in [0.2, 0.25) is 5.91 Å². The maximum absolute atomic E-state index is 12.0. The smallest absolute Gasteiger partial charge is 0.248 e. The van der Waals surface area contributed by atoms with Crippen molar-refractivity contribution in [2.24, 2.45) is 7.05 Å². The summed E-state index contributed by atoms with van der Waals surface area (Å²) in [5.41, 5.74) is 4.86. The molecule has 0 N–H and O–H groups in total. The summed E-state index contributed by atoms with van der Waals surface area (Å²) in [7, 11) is 3.48. The van der Waals surface area contributed by atoms with Crippen molar-refractivity contribution < 1.29 is 9.53 Å². The lowest BCUT2D eigenvalue weighted by Gasteiger charge is -2.32.